The highest BCUT2D eigenvalue weighted by atomic mass is 32.1. The summed E-state index contributed by atoms with van der Waals surface area (Å²) in [4.78, 5) is 24.5. The van der Waals surface area contributed by atoms with E-state index in [4.69, 9.17) is 26.4 Å². The highest BCUT2D eigenvalue weighted by molar-refractivity contribution is 7.80. The van der Waals surface area contributed by atoms with Gasteiger partial charge in [0, 0.05) is 6.61 Å². The molecule has 0 spiro atoms. The van der Waals surface area contributed by atoms with Crippen molar-refractivity contribution in [3.63, 3.8) is 0 Å². The van der Waals surface area contributed by atoms with Crippen LogP contribution in [0.2, 0.25) is 0 Å². The van der Waals surface area contributed by atoms with E-state index in [2.05, 4.69) is 16.2 Å². The van der Waals surface area contributed by atoms with Crippen molar-refractivity contribution in [2.45, 2.75) is 20.8 Å². The molecule has 0 heterocycles. The molecular weight excluding hydrogens is 418 g/mol. The number of carbonyl (C=O) groups is 2. The van der Waals surface area contributed by atoms with E-state index in [1.165, 1.54) is 0 Å². The molecular formula is C22H27N3O5S. The van der Waals surface area contributed by atoms with E-state index >= 15 is 0 Å². The number of rotatable bonds is 9. The van der Waals surface area contributed by atoms with Crippen molar-refractivity contribution < 1.29 is 23.8 Å². The number of hydrogen-bond donors (Lipinski definition) is 3. The molecule has 2 rings (SSSR count). The van der Waals surface area contributed by atoms with Crippen LogP contribution in [0.5, 0.6) is 11.5 Å². The van der Waals surface area contributed by atoms with Crippen molar-refractivity contribution in [3.8, 4) is 11.5 Å². The highest BCUT2D eigenvalue weighted by Crippen LogP contribution is 2.22. The van der Waals surface area contributed by atoms with Gasteiger partial charge < -0.3 is 14.2 Å². The van der Waals surface area contributed by atoms with Crippen molar-refractivity contribution in [1.82, 2.24) is 16.2 Å². The number of hydrogen-bond acceptors (Lipinski definition) is 6. The molecule has 0 aliphatic rings. The lowest BCUT2D eigenvalue weighted by atomic mass is 10.1. The molecule has 0 fully saturated rings. The first-order valence-corrected chi connectivity index (χ1v) is 10.2. The summed E-state index contributed by atoms with van der Waals surface area (Å²) in [6, 6.07) is 12.5. The summed E-state index contributed by atoms with van der Waals surface area (Å²) in [5, 5.41) is 2.44. The second kappa shape index (κ2) is 12.5. The maximum atomic E-state index is 12.5. The molecule has 2 aromatic rings. The zero-order valence-electron chi connectivity index (χ0n) is 17.8. The second-order valence-corrected chi connectivity index (χ2v) is 6.92. The largest absolute Gasteiger partial charge is 0.490 e. The Kier molecular flexibility index (Phi) is 9.73. The zero-order valence-corrected chi connectivity index (χ0v) is 18.6. The third-order valence-electron chi connectivity index (χ3n) is 4.12. The fourth-order valence-corrected chi connectivity index (χ4v) is 2.81. The lowest BCUT2D eigenvalue weighted by molar-refractivity contribution is -0.123. The molecule has 2 amide bonds. The summed E-state index contributed by atoms with van der Waals surface area (Å²) in [5.41, 5.74) is 7.07. The van der Waals surface area contributed by atoms with Crippen LogP contribution in [-0.4, -0.2) is 43.4 Å². The monoisotopic (exact) mass is 445 g/mol. The van der Waals surface area contributed by atoms with Crippen molar-refractivity contribution >= 4 is 29.1 Å². The smallest absolute Gasteiger partial charge is 0.276 e. The van der Waals surface area contributed by atoms with Gasteiger partial charge in [-0.3, -0.25) is 25.8 Å². The number of ether oxygens (including phenoxy) is 3. The van der Waals surface area contributed by atoms with Crippen molar-refractivity contribution in [1.29, 1.82) is 0 Å². The van der Waals surface area contributed by atoms with Crippen LogP contribution < -0.4 is 25.6 Å². The normalized spacial score (nSPS) is 10.2. The van der Waals surface area contributed by atoms with Gasteiger partial charge in [0.05, 0.1) is 12.2 Å². The number of hydrazine groups is 1. The molecule has 0 aliphatic carbocycles. The third-order valence-corrected chi connectivity index (χ3v) is 4.32. The van der Waals surface area contributed by atoms with Gasteiger partial charge in [-0.1, -0.05) is 30.3 Å². The van der Waals surface area contributed by atoms with E-state index in [-0.39, 0.29) is 11.7 Å². The molecule has 166 valence electrons. The molecule has 9 heteroatoms. The fourth-order valence-electron chi connectivity index (χ4n) is 2.66. The zero-order chi connectivity index (χ0) is 22.6. The summed E-state index contributed by atoms with van der Waals surface area (Å²) in [6.07, 6.45) is 0. The van der Waals surface area contributed by atoms with E-state index < -0.39 is 11.8 Å². The quantitative estimate of drug-likeness (QED) is 0.310. The first-order chi connectivity index (χ1) is 14.9. The van der Waals surface area contributed by atoms with Crippen LogP contribution in [0.3, 0.4) is 0 Å². The van der Waals surface area contributed by atoms with Gasteiger partial charge in [0.1, 0.15) is 18.1 Å². The third kappa shape index (κ3) is 7.88. The van der Waals surface area contributed by atoms with Gasteiger partial charge in [0.15, 0.2) is 11.7 Å². The Hall–Kier alpha value is -3.17. The Morgan fingerprint density at radius 1 is 0.935 bits per heavy atom. The van der Waals surface area contributed by atoms with Gasteiger partial charge in [0.2, 0.25) is 0 Å². The van der Waals surface area contributed by atoms with E-state index in [1.807, 2.05) is 39.0 Å². The Labute approximate surface area is 187 Å². The fraction of sp³-hybridized carbons (Fsp3) is 0.318. The molecule has 0 aromatic heterocycles. The predicted octanol–water partition coefficient (Wildman–Crippen LogP) is 2.43. The molecule has 0 saturated carbocycles. The van der Waals surface area contributed by atoms with Crippen LogP contribution in [0.15, 0.2) is 42.5 Å². The molecule has 31 heavy (non-hydrogen) atoms. The average Bonchev–Trinajstić information content (AvgIpc) is 2.75. The van der Waals surface area contributed by atoms with Gasteiger partial charge in [-0.05, 0) is 56.2 Å². The minimum Gasteiger partial charge on any atom is -0.490 e. The standard InChI is InChI=1S/C22H27N3O5S/c1-4-28-12-13-29-18-11-6-5-10-17(18)21(27)23-22(31)25-24-19(26)14-30-20-15(2)8-7-9-16(20)3/h5-11H,4,12-14H2,1-3H3,(H,24,26)(H2,23,25,27,31). The van der Waals surface area contributed by atoms with Crippen LogP contribution in [0.25, 0.3) is 0 Å². The molecule has 0 unspecified atom stereocenters. The number of carbonyl (C=O) groups excluding carboxylic acids is 2. The average molecular weight is 446 g/mol. The van der Waals surface area contributed by atoms with Gasteiger partial charge in [-0.2, -0.15) is 0 Å². The number of nitrogens with one attached hydrogen (secondary N) is 3. The Morgan fingerprint density at radius 3 is 2.35 bits per heavy atom. The van der Waals surface area contributed by atoms with E-state index in [0.717, 1.165) is 11.1 Å². The SMILES string of the molecule is CCOCCOc1ccccc1C(=O)NC(=S)NNC(=O)COc1c(C)cccc1C. The molecule has 8 nitrogen and oxygen atoms in total. The summed E-state index contributed by atoms with van der Waals surface area (Å²) in [6.45, 7) is 6.82. The summed E-state index contributed by atoms with van der Waals surface area (Å²) in [5.74, 6) is 0.160. The number of benzene rings is 2. The van der Waals surface area contributed by atoms with Gasteiger partial charge in [-0.15, -0.1) is 0 Å². The van der Waals surface area contributed by atoms with Crippen molar-refractivity contribution in [2.75, 3.05) is 26.4 Å². The van der Waals surface area contributed by atoms with E-state index in [9.17, 15) is 9.59 Å². The van der Waals surface area contributed by atoms with Crippen molar-refractivity contribution in [2.24, 2.45) is 0 Å². The van der Waals surface area contributed by atoms with E-state index in [0.29, 0.717) is 36.9 Å². The Bertz CT molecular complexity index is 900. The molecule has 0 aliphatic heterocycles. The maximum Gasteiger partial charge on any atom is 0.276 e. The van der Waals surface area contributed by atoms with Gasteiger partial charge in [0.25, 0.3) is 11.8 Å². The van der Waals surface area contributed by atoms with E-state index in [1.54, 1.807) is 24.3 Å². The summed E-state index contributed by atoms with van der Waals surface area (Å²) >= 11 is 5.07. The molecule has 2 aromatic carbocycles. The van der Waals surface area contributed by atoms with Crippen LogP contribution in [0, 0.1) is 13.8 Å². The maximum absolute atomic E-state index is 12.5. The van der Waals surface area contributed by atoms with Crippen LogP contribution in [-0.2, 0) is 9.53 Å². The second-order valence-electron chi connectivity index (χ2n) is 6.51. The van der Waals surface area contributed by atoms with Crippen LogP contribution in [0.1, 0.15) is 28.4 Å². The number of para-hydroxylation sites is 2. The Morgan fingerprint density at radius 2 is 1.65 bits per heavy atom. The molecule has 0 saturated heterocycles. The predicted molar refractivity (Wildman–Crippen MR) is 121 cm³/mol. The molecule has 0 bridgehead atoms. The minimum absolute atomic E-state index is 0.0606. The van der Waals surface area contributed by atoms with Crippen LogP contribution in [0.4, 0.5) is 0 Å². The lowest BCUT2D eigenvalue weighted by Crippen LogP contribution is -2.49. The summed E-state index contributed by atoms with van der Waals surface area (Å²) in [7, 11) is 0. The minimum atomic E-state index is -0.467. The van der Waals surface area contributed by atoms with Gasteiger partial charge >= 0.3 is 0 Å². The lowest BCUT2D eigenvalue weighted by Gasteiger charge is -2.14. The highest BCUT2D eigenvalue weighted by Gasteiger charge is 2.14. The topological polar surface area (TPSA) is 97.9 Å². The Balaban J connectivity index is 1.80. The van der Waals surface area contributed by atoms with Crippen molar-refractivity contribution in [3.05, 3.63) is 59.2 Å². The number of thiocarbonyl (C=S) groups is 1. The molecule has 0 radical (unpaired) electrons. The summed E-state index contributed by atoms with van der Waals surface area (Å²) < 4.78 is 16.4. The first-order valence-electron chi connectivity index (χ1n) is 9.81. The number of amides is 2. The van der Waals surface area contributed by atoms with Crippen LogP contribution >= 0.6 is 12.2 Å². The van der Waals surface area contributed by atoms with Gasteiger partial charge in [-0.25, -0.2) is 0 Å². The first kappa shape index (κ1) is 24.1. The number of aryl methyl sites for hydroxylation is 2. The molecule has 0 atom stereocenters. The molecule has 3 N–H and O–H groups in total.